The lowest BCUT2D eigenvalue weighted by Crippen LogP contribution is -1.28. The molecule has 0 aliphatic heterocycles. The van der Waals surface area contributed by atoms with E-state index in [-0.39, 0.29) is 0 Å². The van der Waals surface area contributed by atoms with Crippen LogP contribution in [0.4, 0.5) is 0 Å². The molecule has 0 spiro atoms. The highest BCUT2D eigenvalue weighted by atomic mass is 35.9. The standard InChI is InChI=1S/Cl2HNO2P2/c1-7(2,4)6-3-5-6/h3H. The Labute approximate surface area is 50.0 Å². The van der Waals surface area contributed by atoms with Crippen LogP contribution in [0.3, 0.4) is 0 Å². The molecule has 0 saturated heterocycles. The third kappa shape index (κ3) is 1.58. The molecule has 1 rings (SSSR count). The van der Waals surface area contributed by atoms with E-state index in [2.05, 4.69) is 9.22 Å². The van der Waals surface area contributed by atoms with Gasteiger partial charge in [-0.1, -0.05) is 0 Å². The summed E-state index contributed by atoms with van der Waals surface area (Å²) in [5.41, 5.74) is -2.95. The number of aromatic nitrogens is 1. The van der Waals surface area contributed by atoms with Crippen molar-refractivity contribution in [1.82, 2.24) is 4.92 Å². The van der Waals surface area contributed by atoms with E-state index in [4.69, 9.17) is 22.5 Å². The third-order valence-electron chi connectivity index (χ3n) is 0.384. The molecule has 0 bridgehead atoms. The summed E-state index contributed by atoms with van der Waals surface area (Å²) in [6, 6.07) is 0. The molecule has 42 valence electrons. The molecule has 1 N–H and O–H groups in total. The summed E-state index contributed by atoms with van der Waals surface area (Å²) in [7, 11) is -1.16. The summed E-state index contributed by atoms with van der Waals surface area (Å²) in [5, 5.41) is 0. The van der Waals surface area contributed by atoms with Crippen LogP contribution < -0.4 is 0 Å². The van der Waals surface area contributed by atoms with Crippen molar-refractivity contribution in [3.8, 4) is 0 Å². The van der Waals surface area contributed by atoms with Gasteiger partial charge in [0.2, 0.25) is 0 Å². The average Bonchev–Trinajstić information content (AvgIpc) is 1.99. The molecule has 7 heteroatoms. The number of hydrogen-bond acceptors (Lipinski definition) is 2. The van der Waals surface area contributed by atoms with Gasteiger partial charge in [-0.15, -0.1) is 0 Å². The first kappa shape index (κ1) is 5.84. The zero-order valence-corrected chi connectivity index (χ0v) is 6.27. The Morgan fingerprint density at radius 3 is 2.14 bits per heavy atom. The first-order chi connectivity index (χ1) is 3.11. The van der Waals surface area contributed by atoms with Crippen LogP contribution in [-0.2, 0) is 4.57 Å². The summed E-state index contributed by atoms with van der Waals surface area (Å²) >= 11 is 10.2. The Kier molecular flexibility index (Phi) is 1.33. The van der Waals surface area contributed by atoms with E-state index in [1.54, 1.807) is 0 Å². The maximum atomic E-state index is 10.3. The molecule has 1 unspecified atom stereocenters. The summed E-state index contributed by atoms with van der Waals surface area (Å²) in [6.45, 7) is 0. The van der Waals surface area contributed by atoms with Crippen molar-refractivity contribution in [3.63, 3.8) is 0 Å². The van der Waals surface area contributed by atoms with Gasteiger partial charge in [0.25, 0.3) is 7.62 Å². The number of halogens is 2. The van der Waals surface area contributed by atoms with Crippen LogP contribution in [0.1, 0.15) is 0 Å². The molecule has 0 aliphatic carbocycles. The number of rotatable bonds is 1. The van der Waals surface area contributed by atoms with Gasteiger partial charge in [-0.2, -0.15) is 4.92 Å². The van der Waals surface area contributed by atoms with Crippen LogP contribution in [0.5, 0.6) is 0 Å². The second kappa shape index (κ2) is 1.60. The minimum atomic E-state index is -2.95. The smallest absolute Gasteiger partial charge is 0.340 e. The van der Waals surface area contributed by atoms with E-state index in [0.717, 1.165) is 0 Å². The Morgan fingerprint density at radius 2 is 2.14 bits per heavy atom. The lowest BCUT2D eigenvalue weighted by atomic mass is 13.7. The second-order valence-corrected chi connectivity index (χ2v) is 10.2. The maximum absolute atomic E-state index is 10.3. The summed E-state index contributed by atoms with van der Waals surface area (Å²) in [5.74, 6) is 0. The fourth-order valence-electron chi connectivity index (χ4n) is 0.113. The molecule has 3 nitrogen and oxygen atoms in total. The molecule has 1 aromatic heterocycles. The molecule has 0 aromatic carbocycles. The predicted molar refractivity (Wildman–Crippen MR) is 30.5 cm³/mol. The van der Waals surface area contributed by atoms with Crippen molar-refractivity contribution < 1.29 is 8.87 Å². The summed E-state index contributed by atoms with van der Waals surface area (Å²) in [6.07, 6.45) is 0. The molecule has 0 fully saturated rings. The van der Waals surface area contributed by atoms with Gasteiger partial charge in [0, 0.05) is 0 Å². The van der Waals surface area contributed by atoms with E-state index in [1.165, 1.54) is 0 Å². The number of hydrogen-bond donors (Lipinski definition) is 1. The highest BCUT2D eigenvalue weighted by Crippen LogP contribution is 2.78. The second-order valence-electron chi connectivity index (χ2n) is 0.890. The van der Waals surface area contributed by atoms with Gasteiger partial charge < -0.3 is 4.30 Å². The topological polar surface area (TPSA) is 46.0 Å². The molecule has 1 aromatic rings. The van der Waals surface area contributed by atoms with Crippen molar-refractivity contribution in [3.05, 3.63) is 0 Å². The van der Waals surface area contributed by atoms with Gasteiger partial charge in [0.05, 0.1) is 0 Å². The van der Waals surface area contributed by atoms with Crippen molar-refractivity contribution in [2.45, 2.75) is 0 Å². The van der Waals surface area contributed by atoms with Gasteiger partial charge in [-0.05, 0) is 22.5 Å². The highest BCUT2D eigenvalue weighted by molar-refractivity contribution is 8.49. The van der Waals surface area contributed by atoms with Crippen LogP contribution in [0.2, 0.25) is 0 Å². The van der Waals surface area contributed by atoms with Gasteiger partial charge in [-0.25, -0.2) is 0 Å². The third-order valence-corrected chi connectivity index (χ3v) is 5.38. The van der Waals surface area contributed by atoms with E-state index in [9.17, 15) is 4.57 Å². The minimum absolute atomic E-state index is 1.16. The normalized spacial score (nSPS) is 15.4. The highest BCUT2D eigenvalue weighted by Gasteiger charge is 2.26. The zero-order valence-electron chi connectivity index (χ0n) is 2.97. The lowest BCUT2D eigenvalue weighted by molar-refractivity contribution is 0.598. The quantitative estimate of drug-likeness (QED) is 0.674. The fourth-order valence-corrected chi connectivity index (χ4v) is 2.46. The van der Waals surface area contributed by atoms with Crippen LogP contribution in [-0.4, -0.2) is 4.92 Å². The van der Waals surface area contributed by atoms with Crippen LogP contribution in [0, 0.1) is 0 Å². The maximum Gasteiger partial charge on any atom is 0.348 e. The van der Waals surface area contributed by atoms with Crippen LogP contribution in [0.25, 0.3) is 0 Å². The molecule has 1 atom stereocenters. The molecule has 0 amide bonds. The number of nitrogens with one attached hydrogen (secondary N) is 1. The SMILES string of the molecule is O=P(Cl)(Cl)p1[nH]o1. The Balaban J connectivity index is 2.80. The monoisotopic (exact) mass is 179 g/mol. The van der Waals surface area contributed by atoms with Gasteiger partial charge in [0.15, 0.2) is 0 Å². The summed E-state index contributed by atoms with van der Waals surface area (Å²) < 4.78 is 14.7. The van der Waals surface area contributed by atoms with E-state index < -0.39 is 13.2 Å². The van der Waals surface area contributed by atoms with E-state index in [0.29, 0.717) is 0 Å². The summed E-state index contributed by atoms with van der Waals surface area (Å²) in [4.78, 5) is 2.31. The first-order valence-electron chi connectivity index (χ1n) is 1.33. The average molecular weight is 180 g/mol. The van der Waals surface area contributed by atoms with E-state index >= 15 is 0 Å². The molecule has 0 aliphatic rings. The lowest BCUT2D eigenvalue weighted by Gasteiger charge is -1.79. The Hall–Kier alpha value is 0.710. The van der Waals surface area contributed by atoms with E-state index in [1.807, 2.05) is 0 Å². The van der Waals surface area contributed by atoms with Crippen molar-refractivity contribution in [1.29, 1.82) is 0 Å². The van der Waals surface area contributed by atoms with Gasteiger partial charge in [0.1, 0.15) is 0 Å². The Bertz CT molecular complexity index is 168. The van der Waals surface area contributed by atoms with Crippen molar-refractivity contribution in [2.75, 3.05) is 0 Å². The van der Waals surface area contributed by atoms with Gasteiger partial charge in [-0.3, -0.25) is 4.57 Å². The molecule has 1 heterocycles. The molecular formula is HCl2NO2P2. The number of H-pyrrole nitrogens is 1. The first-order valence-corrected chi connectivity index (χ1v) is 6.81. The fraction of sp³-hybridized carbons (Fsp3) is 0. The minimum Gasteiger partial charge on any atom is -0.340 e. The van der Waals surface area contributed by atoms with Gasteiger partial charge >= 0.3 is 5.54 Å². The molecule has 7 heavy (non-hydrogen) atoms. The van der Waals surface area contributed by atoms with Crippen molar-refractivity contribution >= 4 is 35.6 Å². The zero-order chi connectivity index (χ0) is 5.49. The Morgan fingerprint density at radius 1 is 1.71 bits per heavy atom. The molecule has 0 radical (unpaired) electrons. The molecular weight excluding hydrogens is 179 g/mol. The molecule has 0 saturated carbocycles. The number of aromatic amines is 1. The largest absolute Gasteiger partial charge is 0.348 e. The van der Waals surface area contributed by atoms with Crippen LogP contribution >= 0.6 is 35.6 Å². The van der Waals surface area contributed by atoms with Crippen LogP contribution in [0.15, 0.2) is 4.30 Å². The predicted octanol–water partition coefficient (Wildman–Crippen LogP) is 3.03. The van der Waals surface area contributed by atoms with Crippen molar-refractivity contribution in [2.24, 2.45) is 0 Å².